The van der Waals surface area contributed by atoms with Gasteiger partial charge in [0, 0.05) is 18.8 Å². The van der Waals surface area contributed by atoms with Crippen molar-refractivity contribution in [2.24, 2.45) is 5.92 Å². The van der Waals surface area contributed by atoms with Crippen molar-refractivity contribution in [1.82, 2.24) is 4.31 Å². The molecule has 0 aromatic heterocycles. The zero-order chi connectivity index (χ0) is 16.9. The number of carbonyl (C=O) groups excluding carboxylic acids is 1. The second-order valence-corrected chi connectivity index (χ2v) is 7.80. The average molecular weight is 340 g/mol. The van der Waals surface area contributed by atoms with Crippen LogP contribution in [0.15, 0.2) is 24.3 Å². The minimum Gasteiger partial charge on any atom is -0.494 e. The highest BCUT2D eigenvalue weighted by atomic mass is 32.2. The summed E-state index contributed by atoms with van der Waals surface area (Å²) in [5.41, 5.74) is 0.689. The highest BCUT2D eigenvalue weighted by molar-refractivity contribution is 7.89. The van der Waals surface area contributed by atoms with Crippen LogP contribution < -0.4 is 10.1 Å². The van der Waals surface area contributed by atoms with Gasteiger partial charge in [-0.2, -0.15) is 0 Å². The zero-order valence-corrected chi connectivity index (χ0v) is 14.4. The SMILES string of the molecule is CCOc1ccc(NC(=O)[C@H]2CCCN(S(=O)(=O)CC)C2)cc1. The van der Waals surface area contributed by atoms with Gasteiger partial charge in [0.2, 0.25) is 15.9 Å². The fraction of sp³-hybridized carbons (Fsp3) is 0.562. The maximum absolute atomic E-state index is 12.4. The smallest absolute Gasteiger partial charge is 0.228 e. The molecule has 6 nitrogen and oxygen atoms in total. The van der Waals surface area contributed by atoms with E-state index in [2.05, 4.69) is 5.32 Å². The third-order valence-electron chi connectivity index (χ3n) is 3.95. The second-order valence-electron chi connectivity index (χ2n) is 5.54. The number of rotatable bonds is 6. The van der Waals surface area contributed by atoms with E-state index in [0.29, 0.717) is 31.7 Å². The quantitative estimate of drug-likeness (QED) is 0.860. The molecule has 0 spiro atoms. The van der Waals surface area contributed by atoms with E-state index in [1.165, 1.54) is 4.31 Å². The Labute approximate surface area is 137 Å². The minimum absolute atomic E-state index is 0.0697. The fourth-order valence-corrected chi connectivity index (χ4v) is 3.82. The van der Waals surface area contributed by atoms with Crippen LogP contribution in [0.3, 0.4) is 0 Å². The first-order valence-electron chi connectivity index (χ1n) is 7.97. The first-order valence-corrected chi connectivity index (χ1v) is 9.58. The van der Waals surface area contributed by atoms with E-state index >= 15 is 0 Å². The molecule has 0 radical (unpaired) electrons. The van der Waals surface area contributed by atoms with E-state index < -0.39 is 10.0 Å². The van der Waals surface area contributed by atoms with E-state index in [9.17, 15) is 13.2 Å². The van der Waals surface area contributed by atoms with Crippen molar-refractivity contribution in [2.45, 2.75) is 26.7 Å². The van der Waals surface area contributed by atoms with Gasteiger partial charge in [0.05, 0.1) is 18.3 Å². The summed E-state index contributed by atoms with van der Waals surface area (Å²) >= 11 is 0. The number of ether oxygens (including phenoxy) is 1. The summed E-state index contributed by atoms with van der Waals surface area (Å²) in [4.78, 5) is 12.4. The molecule has 1 saturated heterocycles. The number of nitrogens with one attached hydrogen (secondary N) is 1. The van der Waals surface area contributed by atoms with Gasteiger partial charge in [0.15, 0.2) is 0 Å². The number of sulfonamides is 1. The van der Waals surface area contributed by atoms with Crippen LogP contribution in [0.4, 0.5) is 5.69 Å². The van der Waals surface area contributed by atoms with Crippen LogP contribution in [0.25, 0.3) is 0 Å². The predicted molar refractivity (Wildman–Crippen MR) is 90.0 cm³/mol. The number of nitrogens with zero attached hydrogens (tertiary/aromatic N) is 1. The van der Waals surface area contributed by atoms with E-state index in [-0.39, 0.29) is 24.1 Å². The van der Waals surface area contributed by atoms with Gasteiger partial charge in [0.25, 0.3) is 0 Å². The van der Waals surface area contributed by atoms with Gasteiger partial charge in [-0.25, -0.2) is 12.7 Å². The molecule has 1 aromatic rings. The molecule has 128 valence electrons. The van der Waals surface area contributed by atoms with Crippen LogP contribution in [-0.2, 0) is 14.8 Å². The lowest BCUT2D eigenvalue weighted by Gasteiger charge is -2.30. The van der Waals surface area contributed by atoms with Gasteiger partial charge in [-0.05, 0) is 51.0 Å². The third kappa shape index (κ3) is 4.68. The Morgan fingerprint density at radius 3 is 2.61 bits per heavy atom. The van der Waals surface area contributed by atoms with Crippen molar-refractivity contribution < 1.29 is 17.9 Å². The van der Waals surface area contributed by atoms with Crippen LogP contribution >= 0.6 is 0 Å². The largest absolute Gasteiger partial charge is 0.494 e. The number of hydrogen-bond donors (Lipinski definition) is 1. The lowest BCUT2D eigenvalue weighted by Crippen LogP contribution is -2.44. The monoisotopic (exact) mass is 340 g/mol. The maximum atomic E-state index is 12.4. The van der Waals surface area contributed by atoms with E-state index in [4.69, 9.17) is 4.74 Å². The molecule has 23 heavy (non-hydrogen) atoms. The van der Waals surface area contributed by atoms with Gasteiger partial charge in [-0.15, -0.1) is 0 Å². The molecule has 1 aromatic carbocycles. The summed E-state index contributed by atoms with van der Waals surface area (Å²) < 4.78 is 30.7. The second kappa shape index (κ2) is 7.79. The first-order chi connectivity index (χ1) is 11.0. The normalized spacial score (nSPS) is 19.3. The van der Waals surface area contributed by atoms with Crippen LogP contribution in [0.1, 0.15) is 26.7 Å². The standard InChI is InChI=1S/C16H24N2O4S/c1-3-22-15-9-7-14(8-10-15)17-16(19)13-6-5-11-18(12-13)23(20,21)4-2/h7-10,13H,3-6,11-12H2,1-2H3,(H,17,19)/t13-/m0/s1. The molecule has 7 heteroatoms. The van der Waals surface area contributed by atoms with Gasteiger partial charge in [-0.3, -0.25) is 4.79 Å². The maximum Gasteiger partial charge on any atom is 0.228 e. The lowest BCUT2D eigenvalue weighted by atomic mass is 9.99. The molecule has 0 saturated carbocycles. The lowest BCUT2D eigenvalue weighted by molar-refractivity contribution is -0.120. The minimum atomic E-state index is -3.24. The summed E-state index contributed by atoms with van der Waals surface area (Å²) in [5.74, 6) is 0.380. The molecule has 1 N–H and O–H groups in total. The van der Waals surface area contributed by atoms with Crippen molar-refractivity contribution in [1.29, 1.82) is 0 Å². The predicted octanol–water partition coefficient (Wildman–Crippen LogP) is 2.09. The Morgan fingerprint density at radius 2 is 2.00 bits per heavy atom. The molecule has 1 amide bonds. The highest BCUT2D eigenvalue weighted by Gasteiger charge is 2.31. The van der Waals surface area contributed by atoms with E-state index in [1.807, 2.05) is 6.92 Å². The molecule has 0 aliphatic carbocycles. The molecule has 0 bridgehead atoms. The Hall–Kier alpha value is -1.60. The summed E-state index contributed by atoms with van der Waals surface area (Å²) in [6, 6.07) is 7.17. The molecule has 1 heterocycles. The Bertz CT molecular complexity index is 628. The van der Waals surface area contributed by atoms with Crippen molar-refractivity contribution in [3.8, 4) is 5.75 Å². The summed E-state index contributed by atoms with van der Waals surface area (Å²) in [6.07, 6.45) is 1.42. The van der Waals surface area contributed by atoms with Crippen molar-refractivity contribution in [3.63, 3.8) is 0 Å². The van der Waals surface area contributed by atoms with Crippen molar-refractivity contribution in [2.75, 3.05) is 30.8 Å². The van der Waals surface area contributed by atoms with Crippen molar-refractivity contribution >= 4 is 21.6 Å². The topological polar surface area (TPSA) is 75.7 Å². The van der Waals surface area contributed by atoms with Gasteiger partial charge < -0.3 is 10.1 Å². The molecular weight excluding hydrogens is 316 g/mol. The Morgan fingerprint density at radius 1 is 1.30 bits per heavy atom. The molecule has 1 fully saturated rings. The van der Waals surface area contributed by atoms with Crippen LogP contribution in [-0.4, -0.2) is 44.1 Å². The van der Waals surface area contributed by atoms with Crippen LogP contribution in [0.2, 0.25) is 0 Å². The third-order valence-corrected chi connectivity index (χ3v) is 5.79. The Kier molecular flexibility index (Phi) is 6.01. The number of anilines is 1. The number of benzene rings is 1. The first kappa shape index (κ1) is 17.7. The summed E-state index contributed by atoms with van der Waals surface area (Å²) in [7, 11) is -3.24. The number of carbonyl (C=O) groups is 1. The van der Waals surface area contributed by atoms with Gasteiger partial charge in [-0.1, -0.05) is 0 Å². The summed E-state index contributed by atoms with van der Waals surface area (Å²) in [6.45, 7) is 4.89. The molecular formula is C16H24N2O4S. The van der Waals surface area contributed by atoms with E-state index in [1.54, 1.807) is 31.2 Å². The molecule has 0 unspecified atom stereocenters. The fourth-order valence-electron chi connectivity index (χ4n) is 2.64. The summed E-state index contributed by atoms with van der Waals surface area (Å²) in [5, 5.41) is 2.85. The Balaban J connectivity index is 1.97. The van der Waals surface area contributed by atoms with E-state index in [0.717, 1.165) is 5.75 Å². The number of amides is 1. The number of piperidine rings is 1. The average Bonchev–Trinajstić information content (AvgIpc) is 2.57. The molecule has 1 aliphatic heterocycles. The van der Waals surface area contributed by atoms with Crippen molar-refractivity contribution in [3.05, 3.63) is 24.3 Å². The molecule has 2 rings (SSSR count). The van der Waals surface area contributed by atoms with Crippen LogP contribution in [0.5, 0.6) is 5.75 Å². The van der Waals surface area contributed by atoms with Crippen LogP contribution in [0, 0.1) is 5.92 Å². The van der Waals surface area contributed by atoms with Gasteiger partial charge >= 0.3 is 0 Å². The number of hydrogen-bond acceptors (Lipinski definition) is 4. The highest BCUT2D eigenvalue weighted by Crippen LogP contribution is 2.22. The molecule has 1 aliphatic rings. The zero-order valence-electron chi connectivity index (χ0n) is 13.6. The molecule has 1 atom stereocenters. The van der Waals surface area contributed by atoms with Gasteiger partial charge in [0.1, 0.15) is 5.75 Å².